The molecule has 0 radical (unpaired) electrons. The van der Waals surface area contributed by atoms with Crippen LogP contribution in [0.15, 0.2) is 77.6 Å². The highest BCUT2D eigenvalue weighted by Gasteiger charge is 2.19. The van der Waals surface area contributed by atoms with Gasteiger partial charge in [-0.1, -0.05) is 68.5 Å². The number of H-pyrrole nitrogens is 1. The Balaban J connectivity index is 1.11. The van der Waals surface area contributed by atoms with E-state index < -0.39 is 18.2 Å². The number of fused-ring (bicyclic) bond motifs is 1. The van der Waals surface area contributed by atoms with E-state index in [0.717, 1.165) is 62.6 Å². The molecule has 0 spiro atoms. The van der Waals surface area contributed by atoms with Crippen molar-refractivity contribution < 1.29 is 29.6 Å². The Kier molecular flexibility index (Phi) is 12.7. The van der Waals surface area contributed by atoms with E-state index in [-0.39, 0.29) is 11.3 Å². The number of aromatic nitrogens is 1. The van der Waals surface area contributed by atoms with Gasteiger partial charge in [-0.2, -0.15) is 0 Å². The van der Waals surface area contributed by atoms with Crippen molar-refractivity contribution in [2.24, 2.45) is 0 Å². The average Bonchev–Trinajstić information content (AvgIpc) is 3.04. The van der Waals surface area contributed by atoms with Gasteiger partial charge in [0.2, 0.25) is 5.56 Å². The zero-order chi connectivity index (χ0) is 32.0. The first-order chi connectivity index (χ1) is 21.9. The summed E-state index contributed by atoms with van der Waals surface area (Å²) in [4.78, 5) is 25.7. The maximum Gasteiger partial charge on any atom is 0.405 e. The number of aliphatic hydroxyl groups is 1. The quantitative estimate of drug-likeness (QED) is 0.0740. The number of pyridine rings is 1. The van der Waals surface area contributed by atoms with Gasteiger partial charge in [-0.05, 0) is 60.3 Å². The molecule has 6 N–H and O–H groups in total. The molecule has 0 saturated carbocycles. The van der Waals surface area contributed by atoms with E-state index in [2.05, 4.69) is 15.6 Å². The zero-order valence-electron chi connectivity index (χ0n) is 25.6. The third-order valence-corrected chi connectivity index (χ3v) is 7.74. The van der Waals surface area contributed by atoms with Crippen molar-refractivity contribution in [1.29, 1.82) is 0 Å². The fourth-order valence-corrected chi connectivity index (χ4v) is 5.41. The number of carboxylic acid groups (broad SMARTS) is 1. The van der Waals surface area contributed by atoms with Gasteiger partial charge in [0.05, 0.1) is 31.4 Å². The molecule has 10 heteroatoms. The summed E-state index contributed by atoms with van der Waals surface area (Å²) in [5, 5.41) is 36.6. The van der Waals surface area contributed by atoms with E-state index in [1.165, 1.54) is 12.1 Å². The molecule has 240 valence electrons. The topological polar surface area (TPSA) is 153 Å². The van der Waals surface area contributed by atoms with Gasteiger partial charge < -0.3 is 40.4 Å². The van der Waals surface area contributed by atoms with Gasteiger partial charge in [-0.3, -0.25) is 4.79 Å². The lowest BCUT2D eigenvalue weighted by Crippen LogP contribution is -2.27. The highest BCUT2D eigenvalue weighted by Crippen LogP contribution is 2.31. The van der Waals surface area contributed by atoms with E-state index in [9.17, 15) is 24.9 Å². The molecule has 45 heavy (non-hydrogen) atoms. The molecule has 4 aromatic rings. The summed E-state index contributed by atoms with van der Waals surface area (Å²) < 4.78 is 11.5. The summed E-state index contributed by atoms with van der Waals surface area (Å²) >= 11 is 0. The third kappa shape index (κ3) is 9.99. The van der Waals surface area contributed by atoms with Gasteiger partial charge in [0.25, 0.3) is 0 Å². The maximum atomic E-state index is 11.6. The Bertz CT molecular complexity index is 1580. The second-order valence-electron chi connectivity index (χ2n) is 11.1. The average molecular weight is 618 g/mol. The SMILES string of the molecule is COc1cc(OCCCCCCCCCNC[C@H](O)c2ccc(O)c3[nH]c(=O)ccc23)cc(C(NC(=O)O)c2ccccc2)c1. The molecule has 0 aliphatic rings. The van der Waals surface area contributed by atoms with Gasteiger partial charge in [0.15, 0.2) is 0 Å². The second kappa shape index (κ2) is 17.1. The number of aromatic hydroxyl groups is 1. The van der Waals surface area contributed by atoms with Gasteiger partial charge in [-0.15, -0.1) is 0 Å². The molecule has 0 saturated heterocycles. The van der Waals surface area contributed by atoms with Crippen LogP contribution in [0.3, 0.4) is 0 Å². The number of phenolic OH excluding ortho intramolecular Hbond substituents is 1. The number of ether oxygens (including phenoxy) is 2. The Morgan fingerprint density at radius 3 is 2.31 bits per heavy atom. The summed E-state index contributed by atoms with van der Waals surface area (Å²) in [5.74, 6) is 1.23. The molecular formula is C35H43N3O7. The minimum Gasteiger partial charge on any atom is -0.506 e. The molecule has 3 aromatic carbocycles. The van der Waals surface area contributed by atoms with Crippen molar-refractivity contribution in [3.05, 3.63) is 99.8 Å². The number of aromatic amines is 1. The van der Waals surface area contributed by atoms with Gasteiger partial charge >= 0.3 is 6.09 Å². The second-order valence-corrected chi connectivity index (χ2v) is 11.1. The molecule has 1 amide bonds. The van der Waals surface area contributed by atoms with Crippen LogP contribution in [0.2, 0.25) is 0 Å². The van der Waals surface area contributed by atoms with Crippen molar-refractivity contribution in [2.75, 3.05) is 26.8 Å². The van der Waals surface area contributed by atoms with Crippen molar-refractivity contribution in [3.8, 4) is 17.2 Å². The molecule has 1 heterocycles. The molecule has 1 unspecified atom stereocenters. The van der Waals surface area contributed by atoms with Crippen molar-refractivity contribution in [3.63, 3.8) is 0 Å². The minimum atomic E-state index is -1.11. The van der Waals surface area contributed by atoms with E-state index in [4.69, 9.17) is 9.47 Å². The smallest absolute Gasteiger partial charge is 0.405 e. The summed E-state index contributed by atoms with van der Waals surface area (Å²) in [6.07, 6.45) is 5.62. The molecule has 10 nitrogen and oxygen atoms in total. The number of unbranched alkanes of at least 4 members (excludes halogenated alkanes) is 6. The predicted octanol–water partition coefficient (Wildman–Crippen LogP) is 6.03. The lowest BCUT2D eigenvalue weighted by atomic mass is 9.98. The van der Waals surface area contributed by atoms with Crippen LogP contribution in [0, 0.1) is 0 Å². The number of hydrogen-bond acceptors (Lipinski definition) is 7. The molecule has 1 aromatic heterocycles. The standard InChI is InChI=1S/C35H43N3O7/c1-44-26-20-25(33(38-35(42)43)24-12-8-7-9-13-24)21-27(22-26)45-19-11-6-4-2-3-5-10-18-36-23-31(40)28-14-16-30(39)34-29(28)15-17-32(41)37-34/h7-9,12-17,20-22,31,33,36,38-40H,2-6,10-11,18-19,23H2,1H3,(H,37,41)(H,42,43)/t31-,33?/m0/s1. The van der Waals surface area contributed by atoms with E-state index in [0.29, 0.717) is 41.1 Å². The number of amides is 1. The number of benzene rings is 3. The van der Waals surface area contributed by atoms with Crippen LogP contribution in [0.4, 0.5) is 4.79 Å². The number of methoxy groups -OCH3 is 1. The number of rotatable bonds is 18. The van der Waals surface area contributed by atoms with Crippen LogP contribution in [-0.4, -0.2) is 53.2 Å². The van der Waals surface area contributed by atoms with Crippen LogP contribution in [0.1, 0.15) is 73.8 Å². The maximum absolute atomic E-state index is 11.6. The number of carbonyl (C=O) groups is 1. The van der Waals surface area contributed by atoms with Crippen LogP contribution in [0.5, 0.6) is 17.2 Å². The molecular weight excluding hydrogens is 574 g/mol. The Hall–Kier alpha value is -4.54. The fraction of sp³-hybridized carbons (Fsp3) is 0.371. The highest BCUT2D eigenvalue weighted by atomic mass is 16.5. The summed E-state index contributed by atoms with van der Waals surface area (Å²) in [6, 6.07) is 20.5. The highest BCUT2D eigenvalue weighted by molar-refractivity contribution is 5.87. The minimum absolute atomic E-state index is 0.0189. The lowest BCUT2D eigenvalue weighted by molar-refractivity contribution is 0.176. The first-order valence-electron chi connectivity index (χ1n) is 15.5. The van der Waals surface area contributed by atoms with Crippen molar-refractivity contribution >= 4 is 17.0 Å². The normalized spacial score (nSPS) is 12.5. The van der Waals surface area contributed by atoms with Crippen LogP contribution >= 0.6 is 0 Å². The van der Waals surface area contributed by atoms with Gasteiger partial charge in [0, 0.05) is 24.1 Å². The zero-order valence-corrected chi connectivity index (χ0v) is 25.6. The van der Waals surface area contributed by atoms with Crippen LogP contribution in [-0.2, 0) is 0 Å². The van der Waals surface area contributed by atoms with E-state index >= 15 is 0 Å². The Labute approximate surface area is 263 Å². The summed E-state index contributed by atoms with van der Waals surface area (Å²) in [6.45, 7) is 1.75. The molecule has 4 rings (SSSR count). The number of phenols is 1. The molecule has 2 atom stereocenters. The number of hydrogen-bond donors (Lipinski definition) is 6. The monoisotopic (exact) mass is 617 g/mol. The first kappa shape index (κ1) is 33.4. The molecule has 0 bridgehead atoms. The van der Waals surface area contributed by atoms with Gasteiger partial charge in [0.1, 0.15) is 17.2 Å². The van der Waals surface area contributed by atoms with E-state index in [1.807, 2.05) is 48.5 Å². The third-order valence-electron chi connectivity index (χ3n) is 7.74. The summed E-state index contributed by atoms with van der Waals surface area (Å²) in [7, 11) is 1.58. The predicted molar refractivity (Wildman–Crippen MR) is 174 cm³/mol. The molecule has 0 aliphatic carbocycles. The first-order valence-corrected chi connectivity index (χ1v) is 15.5. The lowest BCUT2D eigenvalue weighted by Gasteiger charge is -2.20. The van der Waals surface area contributed by atoms with E-state index in [1.54, 1.807) is 19.2 Å². The molecule has 0 fully saturated rings. The Morgan fingerprint density at radius 1 is 0.867 bits per heavy atom. The Morgan fingerprint density at radius 2 is 1.58 bits per heavy atom. The van der Waals surface area contributed by atoms with Crippen LogP contribution in [0.25, 0.3) is 10.9 Å². The van der Waals surface area contributed by atoms with Crippen molar-refractivity contribution in [2.45, 2.75) is 57.1 Å². The number of nitrogens with one attached hydrogen (secondary N) is 3. The number of aliphatic hydroxyl groups excluding tert-OH is 1. The van der Waals surface area contributed by atoms with Crippen LogP contribution < -0.4 is 25.7 Å². The largest absolute Gasteiger partial charge is 0.506 e. The van der Waals surface area contributed by atoms with Gasteiger partial charge in [-0.25, -0.2) is 4.79 Å². The summed E-state index contributed by atoms with van der Waals surface area (Å²) in [5.41, 5.74) is 2.27. The fourth-order valence-electron chi connectivity index (χ4n) is 5.41. The molecule has 0 aliphatic heterocycles. The van der Waals surface area contributed by atoms with Crippen molar-refractivity contribution in [1.82, 2.24) is 15.6 Å².